The molecule has 0 saturated heterocycles. The molecule has 0 atom stereocenters. The van der Waals surface area contributed by atoms with Gasteiger partial charge in [-0.25, -0.2) is 4.79 Å². The Balaban J connectivity index is 1.81. The summed E-state index contributed by atoms with van der Waals surface area (Å²) in [4.78, 5) is 26.9. The lowest BCUT2D eigenvalue weighted by atomic mass is 10.1. The van der Waals surface area contributed by atoms with E-state index in [4.69, 9.17) is 27.9 Å². The molecule has 4 nitrogen and oxygen atoms in total. The van der Waals surface area contributed by atoms with Crippen molar-refractivity contribution >= 4 is 52.5 Å². The van der Waals surface area contributed by atoms with E-state index < -0.39 is 5.97 Å². The first kappa shape index (κ1) is 20.9. The first-order chi connectivity index (χ1) is 15.0. The van der Waals surface area contributed by atoms with Crippen LogP contribution in [0.2, 0.25) is 10.0 Å². The molecule has 0 N–H and O–H groups in total. The number of methoxy groups -OCH3 is 1. The molecule has 154 valence electrons. The number of ether oxygens (including phenoxy) is 1. The van der Waals surface area contributed by atoms with E-state index in [-0.39, 0.29) is 16.5 Å². The van der Waals surface area contributed by atoms with Crippen LogP contribution in [-0.4, -0.2) is 19.0 Å². The number of esters is 1. The van der Waals surface area contributed by atoms with Gasteiger partial charge in [-0.15, -0.1) is 0 Å². The zero-order valence-electron chi connectivity index (χ0n) is 16.5. The molecule has 1 heterocycles. The molecular formula is C25H17Cl2NO3. The van der Waals surface area contributed by atoms with Gasteiger partial charge < -0.3 is 4.74 Å². The summed E-state index contributed by atoms with van der Waals surface area (Å²) >= 11 is 12.4. The van der Waals surface area contributed by atoms with Crippen molar-refractivity contribution in [1.82, 2.24) is 0 Å². The van der Waals surface area contributed by atoms with Crippen LogP contribution in [0.4, 0.5) is 5.69 Å². The van der Waals surface area contributed by atoms with Gasteiger partial charge in [0.1, 0.15) is 0 Å². The molecule has 0 bridgehead atoms. The van der Waals surface area contributed by atoms with Crippen molar-refractivity contribution in [2.75, 3.05) is 12.0 Å². The predicted molar refractivity (Wildman–Crippen MR) is 124 cm³/mol. The standard InChI is InChI=1S/C25H17Cl2NO3/c1-31-25(30)21-12-11-20(15-22(21)27)28-23(17-7-9-19(26)10-8-17)14-18(24(28)29)13-16-5-3-2-4-6-16/h2-15H,1H3/b18-13+. The van der Waals surface area contributed by atoms with Crippen LogP contribution in [0.15, 0.2) is 84.4 Å². The highest BCUT2D eigenvalue weighted by atomic mass is 35.5. The van der Waals surface area contributed by atoms with Crippen LogP contribution in [0.5, 0.6) is 0 Å². The fourth-order valence-electron chi connectivity index (χ4n) is 3.35. The van der Waals surface area contributed by atoms with E-state index in [9.17, 15) is 9.59 Å². The van der Waals surface area contributed by atoms with Crippen LogP contribution in [0, 0.1) is 0 Å². The smallest absolute Gasteiger partial charge is 0.339 e. The third kappa shape index (κ3) is 4.26. The molecule has 0 fully saturated rings. The Bertz CT molecular complexity index is 1220. The number of carbonyl (C=O) groups is 2. The maximum absolute atomic E-state index is 13.4. The second kappa shape index (κ2) is 8.80. The van der Waals surface area contributed by atoms with Gasteiger partial charge in [0.15, 0.2) is 0 Å². The lowest BCUT2D eigenvalue weighted by Gasteiger charge is -2.21. The fraction of sp³-hybridized carbons (Fsp3) is 0.0400. The van der Waals surface area contributed by atoms with Crippen molar-refractivity contribution in [3.63, 3.8) is 0 Å². The van der Waals surface area contributed by atoms with Crippen molar-refractivity contribution in [2.24, 2.45) is 0 Å². The average Bonchev–Trinajstić information content (AvgIpc) is 3.10. The minimum absolute atomic E-state index is 0.198. The number of rotatable bonds is 4. The van der Waals surface area contributed by atoms with E-state index in [1.165, 1.54) is 7.11 Å². The molecule has 4 rings (SSSR count). The maximum Gasteiger partial charge on any atom is 0.339 e. The van der Waals surface area contributed by atoms with E-state index in [1.807, 2.05) is 54.6 Å². The number of hydrogen-bond donors (Lipinski definition) is 0. The first-order valence-electron chi connectivity index (χ1n) is 9.44. The maximum atomic E-state index is 13.4. The lowest BCUT2D eigenvalue weighted by molar-refractivity contribution is -0.113. The van der Waals surface area contributed by atoms with Crippen molar-refractivity contribution < 1.29 is 14.3 Å². The monoisotopic (exact) mass is 449 g/mol. The third-order valence-electron chi connectivity index (χ3n) is 4.86. The number of benzene rings is 3. The Morgan fingerprint density at radius 2 is 1.68 bits per heavy atom. The average molecular weight is 450 g/mol. The molecule has 3 aromatic carbocycles. The van der Waals surface area contributed by atoms with Gasteiger partial charge in [-0.1, -0.05) is 65.7 Å². The molecule has 1 aliphatic heterocycles. The molecule has 0 unspecified atom stereocenters. The summed E-state index contributed by atoms with van der Waals surface area (Å²) in [6.45, 7) is 0. The lowest BCUT2D eigenvalue weighted by Crippen LogP contribution is -2.25. The van der Waals surface area contributed by atoms with Gasteiger partial charge >= 0.3 is 5.97 Å². The topological polar surface area (TPSA) is 46.6 Å². The number of nitrogens with zero attached hydrogens (tertiary/aromatic N) is 1. The van der Waals surface area contributed by atoms with Gasteiger partial charge in [-0.2, -0.15) is 0 Å². The van der Waals surface area contributed by atoms with E-state index >= 15 is 0 Å². The first-order valence-corrected chi connectivity index (χ1v) is 10.2. The Kier molecular flexibility index (Phi) is 5.94. The molecule has 6 heteroatoms. The molecule has 3 aromatic rings. The van der Waals surface area contributed by atoms with Crippen molar-refractivity contribution in [2.45, 2.75) is 0 Å². The molecule has 1 amide bonds. The van der Waals surface area contributed by atoms with E-state index in [2.05, 4.69) is 0 Å². The summed E-state index contributed by atoms with van der Waals surface area (Å²) in [7, 11) is 1.29. The summed E-state index contributed by atoms with van der Waals surface area (Å²) in [5.74, 6) is -0.738. The van der Waals surface area contributed by atoms with Crippen LogP contribution >= 0.6 is 23.2 Å². The fourth-order valence-corrected chi connectivity index (χ4v) is 3.73. The van der Waals surface area contributed by atoms with Crippen LogP contribution in [0.3, 0.4) is 0 Å². The third-order valence-corrected chi connectivity index (χ3v) is 5.43. The number of anilines is 1. The summed E-state index contributed by atoms with van der Waals surface area (Å²) in [6.07, 6.45) is 3.67. The number of hydrogen-bond acceptors (Lipinski definition) is 3. The van der Waals surface area contributed by atoms with Crippen LogP contribution in [0.25, 0.3) is 11.8 Å². The van der Waals surface area contributed by atoms with E-state index in [0.717, 1.165) is 11.1 Å². The van der Waals surface area contributed by atoms with Gasteiger partial charge in [-0.3, -0.25) is 9.69 Å². The summed E-state index contributed by atoms with van der Waals surface area (Å²) < 4.78 is 4.75. The largest absolute Gasteiger partial charge is 0.465 e. The van der Waals surface area contributed by atoms with Crippen LogP contribution < -0.4 is 4.90 Å². The number of carbonyl (C=O) groups excluding carboxylic acids is 2. The zero-order chi connectivity index (χ0) is 22.0. The minimum Gasteiger partial charge on any atom is -0.465 e. The molecule has 0 aliphatic carbocycles. The Hall–Kier alpha value is -3.34. The Morgan fingerprint density at radius 1 is 0.968 bits per heavy atom. The quantitative estimate of drug-likeness (QED) is 0.349. The van der Waals surface area contributed by atoms with Gasteiger partial charge in [0.2, 0.25) is 0 Å². The number of halogens is 2. The van der Waals surface area contributed by atoms with Gasteiger partial charge in [0, 0.05) is 10.6 Å². The van der Waals surface area contributed by atoms with Gasteiger partial charge in [-0.05, 0) is 53.6 Å². The number of amides is 1. The highest BCUT2D eigenvalue weighted by molar-refractivity contribution is 6.34. The highest BCUT2D eigenvalue weighted by Gasteiger charge is 2.31. The highest BCUT2D eigenvalue weighted by Crippen LogP contribution is 2.37. The second-order valence-electron chi connectivity index (χ2n) is 6.84. The second-order valence-corrected chi connectivity index (χ2v) is 7.69. The molecular weight excluding hydrogens is 433 g/mol. The van der Waals surface area contributed by atoms with Gasteiger partial charge in [0.05, 0.1) is 29.1 Å². The summed E-state index contributed by atoms with van der Waals surface area (Å²) in [6, 6.07) is 21.7. The molecule has 0 saturated carbocycles. The summed E-state index contributed by atoms with van der Waals surface area (Å²) in [5, 5.41) is 0.804. The molecule has 1 aliphatic rings. The molecule has 0 aromatic heterocycles. The Labute approximate surface area is 190 Å². The minimum atomic E-state index is -0.539. The zero-order valence-corrected chi connectivity index (χ0v) is 18.0. The summed E-state index contributed by atoms with van der Waals surface area (Å²) in [5.41, 5.74) is 3.73. The SMILES string of the molecule is COC(=O)c1ccc(N2C(=O)/C(=C/c3ccccc3)C=C2c2ccc(Cl)cc2)cc1Cl. The van der Waals surface area contributed by atoms with E-state index in [0.29, 0.717) is 22.0 Å². The molecule has 31 heavy (non-hydrogen) atoms. The molecule has 0 spiro atoms. The van der Waals surface area contributed by atoms with Crippen molar-refractivity contribution in [3.05, 3.63) is 111 Å². The van der Waals surface area contributed by atoms with Gasteiger partial charge in [0.25, 0.3) is 5.91 Å². The van der Waals surface area contributed by atoms with Crippen molar-refractivity contribution in [1.29, 1.82) is 0 Å². The van der Waals surface area contributed by atoms with Crippen LogP contribution in [0.1, 0.15) is 21.5 Å². The van der Waals surface area contributed by atoms with E-state index in [1.54, 1.807) is 35.2 Å². The predicted octanol–water partition coefficient (Wildman–Crippen LogP) is 6.25. The van der Waals surface area contributed by atoms with Crippen molar-refractivity contribution in [3.8, 4) is 0 Å². The van der Waals surface area contributed by atoms with Crippen LogP contribution in [-0.2, 0) is 9.53 Å². The normalized spacial score (nSPS) is 14.7. The molecule has 0 radical (unpaired) electrons. The Morgan fingerprint density at radius 3 is 2.32 bits per heavy atom.